The molecule has 20 heavy (non-hydrogen) atoms. The van der Waals surface area contributed by atoms with Crippen molar-refractivity contribution in [3.8, 4) is 0 Å². The Bertz CT molecular complexity index is 638. The Morgan fingerprint density at radius 3 is 2.35 bits per heavy atom. The molecule has 0 atom stereocenters. The molecule has 0 aliphatic rings. The van der Waals surface area contributed by atoms with Crippen molar-refractivity contribution in [2.24, 2.45) is 0 Å². The molecule has 2 aromatic carbocycles. The summed E-state index contributed by atoms with van der Waals surface area (Å²) in [6.07, 6.45) is 0.106. The minimum absolute atomic E-state index is 0.0145. The van der Waals surface area contributed by atoms with Crippen molar-refractivity contribution in [1.82, 2.24) is 0 Å². The zero-order valence-electron chi connectivity index (χ0n) is 10.3. The van der Waals surface area contributed by atoms with E-state index in [1.165, 1.54) is 6.07 Å². The van der Waals surface area contributed by atoms with E-state index in [0.29, 0.717) is 25.6 Å². The molecule has 0 aromatic heterocycles. The van der Waals surface area contributed by atoms with Crippen LogP contribution in [0.25, 0.3) is 0 Å². The van der Waals surface area contributed by atoms with Gasteiger partial charge in [-0.3, -0.25) is 4.79 Å². The zero-order valence-corrected chi connectivity index (χ0v) is 13.4. The zero-order chi connectivity index (χ0) is 14.7. The first-order valence-corrected chi connectivity index (χ1v) is 7.41. The summed E-state index contributed by atoms with van der Waals surface area (Å²) in [6, 6.07) is 9.70. The second kappa shape index (κ2) is 6.70. The molecule has 0 saturated heterocycles. The number of rotatable bonds is 4. The first kappa shape index (κ1) is 15.5. The number of Topliss-reactive ketones (excluding diaryl/α,β-unsaturated/α-hetero) is 1. The number of benzene rings is 2. The molecule has 0 N–H and O–H groups in total. The van der Waals surface area contributed by atoms with Crippen LogP contribution in [0.4, 0.5) is 4.39 Å². The second-order valence-electron chi connectivity index (χ2n) is 4.33. The normalized spacial score (nSPS) is 10.6. The smallest absolute Gasteiger partial charge is 0.141 e. The van der Waals surface area contributed by atoms with Crippen molar-refractivity contribution < 1.29 is 9.18 Å². The van der Waals surface area contributed by atoms with Crippen LogP contribution in [0.15, 0.2) is 40.9 Å². The number of hydrogen-bond acceptors (Lipinski definition) is 1. The van der Waals surface area contributed by atoms with Gasteiger partial charge in [-0.25, -0.2) is 4.39 Å². The summed E-state index contributed by atoms with van der Waals surface area (Å²) in [5.74, 6) is -0.542. The molecule has 0 spiro atoms. The molecule has 2 rings (SSSR count). The molecule has 0 fully saturated rings. The summed E-state index contributed by atoms with van der Waals surface area (Å²) in [4.78, 5) is 12.0. The van der Waals surface area contributed by atoms with Gasteiger partial charge in [0.1, 0.15) is 11.6 Å². The molecule has 0 unspecified atom stereocenters. The van der Waals surface area contributed by atoms with Gasteiger partial charge in [-0.05, 0) is 35.4 Å². The molecule has 0 radical (unpaired) electrons. The second-order valence-corrected chi connectivity index (χ2v) is 6.06. The van der Waals surface area contributed by atoms with Crippen LogP contribution in [0.3, 0.4) is 0 Å². The summed E-state index contributed by atoms with van der Waals surface area (Å²) >= 11 is 15.2. The van der Waals surface area contributed by atoms with Gasteiger partial charge < -0.3 is 0 Å². The van der Waals surface area contributed by atoms with Crippen molar-refractivity contribution in [2.45, 2.75) is 12.8 Å². The Morgan fingerprint density at radius 2 is 1.75 bits per heavy atom. The monoisotopic (exact) mass is 374 g/mol. The van der Waals surface area contributed by atoms with Crippen LogP contribution in [0.2, 0.25) is 10.0 Å². The Balaban J connectivity index is 2.13. The summed E-state index contributed by atoms with van der Waals surface area (Å²) in [7, 11) is 0. The summed E-state index contributed by atoms with van der Waals surface area (Å²) < 4.78 is 14.3. The van der Waals surface area contributed by atoms with Crippen molar-refractivity contribution >= 4 is 44.9 Å². The largest absolute Gasteiger partial charge is 0.299 e. The summed E-state index contributed by atoms with van der Waals surface area (Å²) in [5.41, 5.74) is 0.944. The van der Waals surface area contributed by atoms with Crippen LogP contribution in [-0.2, 0) is 17.6 Å². The predicted octanol–water partition coefficient (Wildman–Crippen LogP) is 5.25. The molecular weight excluding hydrogens is 366 g/mol. The standard InChI is InChI=1S/C15H10BrCl2FO/c16-10-5-4-9(15(19)7-10)6-11(20)8-12-13(17)2-1-3-14(12)18/h1-5,7H,6,8H2. The highest BCUT2D eigenvalue weighted by atomic mass is 79.9. The number of ketones is 1. The minimum atomic E-state index is -0.405. The van der Waals surface area contributed by atoms with E-state index in [1.54, 1.807) is 30.3 Å². The molecule has 0 aliphatic heterocycles. The van der Waals surface area contributed by atoms with Gasteiger partial charge in [0.25, 0.3) is 0 Å². The fourth-order valence-corrected chi connectivity index (χ4v) is 2.70. The van der Waals surface area contributed by atoms with Crippen LogP contribution in [-0.4, -0.2) is 5.78 Å². The minimum Gasteiger partial charge on any atom is -0.299 e. The van der Waals surface area contributed by atoms with Crippen LogP contribution < -0.4 is 0 Å². The van der Waals surface area contributed by atoms with E-state index in [0.717, 1.165) is 0 Å². The average Bonchev–Trinajstić information content (AvgIpc) is 2.37. The first-order chi connectivity index (χ1) is 9.47. The molecule has 2 aromatic rings. The van der Waals surface area contributed by atoms with E-state index in [4.69, 9.17) is 23.2 Å². The van der Waals surface area contributed by atoms with Crippen molar-refractivity contribution in [2.75, 3.05) is 0 Å². The molecule has 0 saturated carbocycles. The number of carbonyl (C=O) groups is 1. The lowest BCUT2D eigenvalue weighted by molar-refractivity contribution is -0.117. The van der Waals surface area contributed by atoms with Gasteiger partial charge in [-0.2, -0.15) is 0 Å². The molecule has 104 valence electrons. The first-order valence-electron chi connectivity index (χ1n) is 5.86. The third kappa shape index (κ3) is 3.81. The molecule has 1 nitrogen and oxygen atoms in total. The lowest BCUT2D eigenvalue weighted by atomic mass is 10.0. The van der Waals surface area contributed by atoms with Gasteiger partial charge in [0, 0.05) is 27.4 Å². The van der Waals surface area contributed by atoms with E-state index in [-0.39, 0.29) is 18.6 Å². The van der Waals surface area contributed by atoms with Crippen LogP contribution in [0, 0.1) is 5.82 Å². The predicted molar refractivity (Wildman–Crippen MR) is 83.0 cm³/mol. The van der Waals surface area contributed by atoms with Crippen molar-refractivity contribution in [3.63, 3.8) is 0 Å². The topological polar surface area (TPSA) is 17.1 Å². The SMILES string of the molecule is O=C(Cc1ccc(Br)cc1F)Cc1c(Cl)cccc1Cl. The lowest BCUT2D eigenvalue weighted by Gasteiger charge is -2.07. The molecule has 5 heteroatoms. The number of carbonyl (C=O) groups excluding carboxylic acids is 1. The number of halogens is 4. The molecule has 0 aliphatic carbocycles. The Kier molecular flexibility index (Phi) is 5.19. The van der Waals surface area contributed by atoms with Gasteiger partial charge in [0.2, 0.25) is 0 Å². The lowest BCUT2D eigenvalue weighted by Crippen LogP contribution is -2.08. The maximum Gasteiger partial charge on any atom is 0.141 e. The molecular formula is C15H10BrCl2FO. The van der Waals surface area contributed by atoms with Crippen LogP contribution in [0.1, 0.15) is 11.1 Å². The molecule has 0 heterocycles. The fraction of sp³-hybridized carbons (Fsp3) is 0.133. The fourth-order valence-electron chi connectivity index (χ4n) is 1.84. The van der Waals surface area contributed by atoms with Gasteiger partial charge in [-0.1, -0.05) is 51.3 Å². The highest BCUT2D eigenvalue weighted by Crippen LogP contribution is 2.25. The maximum absolute atomic E-state index is 13.7. The third-order valence-electron chi connectivity index (χ3n) is 2.84. The van der Waals surface area contributed by atoms with E-state index in [2.05, 4.69) is 15.9 Å². The van der Waals surface area contributed by atoms with Crippen molar-refractivity contribution in [1.29, 1.82) is 0 Å². The van der Waals surface area contributed by atoms with Crippen molar-refractivity contribution in [3.05, 3.63) is 67.9 Å². The third-order valence-corrected chi connectivity index (χ3v) is 4.04. The highest BCUT2D eigenvalue weighted by molar-refractivity contribution is 9.10. The Labute approximate surface area is 134 Å². The van der Waals surface area contributed by atoms with E-state index in [9.17, 15) is 9.18 Å². The van der Waals surface area contributed by atoms with Gasteiger partial charge in [0.15, 0.2) is 0 Å². The van der Waals surface area contributed by atoms with E-state index < -0.39 is 5.82 Å². The summed E-state index contributed by atoms with van der Waals surface area (Å²) in [6.45, 7) is 0. The van der Waals surface area contributed by atoms with Crippen LogP contribution in [0.5, 0.6) is 0 Å². The Morgan fingerprint density at radius 1 is 1.10 bits per heavy atom. The Hall–Kier alpha value is -0.900. The van der Waals surface area contributed by atoms with Crippen LogP contribution >= 0.6 is 39.1 Å². The maximum atomic E-state index is 13.7. The van der Waals surface area contributed by atoms with Gasteiger partial charge >= 0.3 is 0 Å². The molecule has 0 bridgehead atoms. The quantitative estimate of drug-likeness (QED) is 0.713. The van der Waals surface area contributed by atoms with E-state index in [1.807, 2.05) is 0 Å². The van der Waals surface area contributed by atoms with Gasteiger partial charge in [0.05, 0.1) is 0 Å². The average molecular weight is 376 g/mol. The highest BCUT2D eigenvalue weighted by Gasteiger charge is 2.13. The number of hydrogen-bond donors (Lipinski definition) is 0. The van der Waals surface area contributed by atoms with E-state index >= 15 is 0 Å². The summed E-state index contributed by atoms with van der Waals surface area (Å²) in [5, 5.41) is 0.893. The van der Waals surface area contributed by atoms with Gasteiger partial charge in [-0.15, -0.1) is 0 Å². The molecule has 0 amide bonds.